The zero-order valence-corrected chi connectivity index (χ0v) is 26.7. The zero-order chi connectivity index (χ0) is 33.3. The Kier molecular flexibility index (Phi) is 11.0. The molecule has 0 aliphatic carbocycles. The summed E-state index contributed by atoms with van der Waals surface area (Å²) in [5.74, 6) is 5.57. The fourth-order valence-electron chi connectivity index (χ4n) is 4.78. The minimum absolute atomic E-state index is 0.0959. The third-order valence-corrected chi connectivity index (χ3v) is 6.86. The Bertz CT molecular complexity index is 1640. The van der Waals surface area contributed by atoms with Crippen molar-refractivity contribution >= 4 is 35.4 Å². The molecule has 1 aromatic heterocycles. The number of amides is 3. The van der Waals surface area contributed by atoms with E-state index in [0.717, 1.165) is 5.56 Å². The lowest BCUT2D eigenvalue weighted by Crippen LogP contribution is -2.41. The van der Waals surface area contributed by atoms with Crippen LogP contribution in [0.3, 0.4) is 0 Å². The van der Waals surface area contributed by atoms with Crippen LogP contribution in [0.25, 0.3) is 0 Å². The fraction of sp³-hybridized carbons (Fsp3) is 0.343. The third kappa shape index (κ3) is 8.85. The quantitative estimate of drug-likeness (QED) is 0.191. The van der Waals surface area contributed by atoms with E-state index in [1.54, 1.807) is 65.1 Å². The van der Waals surface area contributed by atoms with Gasteiger partial charge in [0.15, 0.2) is 11.6 Å². The molecular formula is C35H38N4O7. The summed E-state index contributed by atoms with van der Waals surface area (Å²) < 4.78 is 16.3. The van der Waals surface area contributed by atoms with Crippen LogP contribution in [0, 0.1) is 11.8 Å². The molecule has 3 amide bonds. The summed E-state index contributed by atoms with van der Waals surface area (Å²) in [6.45, 7) is 7.23. The molecule has 240 valence electrons. The number of aromatic nitrogens is 1. The number of carbonyl (C=O) groups is 4. The second kappa shape index (κ2) is 15.1. The number of hydrogen-bond donors (Lipinski definition) is 1. The molecule has 4 rings (SSSR count). The summed E-state index contributed by atoms with van der Waals surface area (Å²) in [6.07, 6.45) is 1.13. The highest BCUT2D eigenvalue weighted by Crippen LogP contribution is 2.33. The van der Waals surface area contributed by atoms with Gasteiger partial charge in [-0.3, -0.25) is 19.7 Å². The van der Waals surface area contributed by atoms with E-state index in [4.69, 9.17) is 14.2 Å². The maximum Gasteiger partial charge on any atom is 0.413 e. The minimum Gasteiger partial charge on any atom is -0.489 e. The Hall–Kier alpha value is -5.37. The first-order chi connectivity index (χ1) is 22.0. The number of anilines is 2. The molecule has 1 atom stereocenters. The number of benzene rings is 2. The molecule has 0 fully saturated rings. The highest BCUT2D eigenvalue weighted by molar-refractivity contribution is 6.09. The minimum atomic E-state index is -0.704. The average Bonchev–Trinajstić information content (AvgIpc) is 3.10. The van der Waals surface area contributed by atoms with Gasteiger partial charge in [0.25, 0.3) is 5.91 Å². The molecule has 2 heterocycles. The molecule has 0 bridgehead atoms. The number of pyridine rings is 1. The molecular weight excluding hydrogens is 588 g/mol. The van der Waals surface area contributed by atoms with Gasteiger partial charge in [-0.05, 0) is 63.6 Å². The van der Waals surface area contributed by atoms with Crippen molar-refractivity contribution in [1.29, 1.82) is 0 Å². The van der Waals surface area contributed by atoms with E-state index in [-0.39, 0.29) is 43.8 Å². The van der Waals surface area contributed by atoms with Gasteiger partial charge in [0.1, 0.15) is 12.1 Å². The van der Waals surface area contributed by atoms with Gasteiger partial charge in [-0.25, -0.2) is 9.78 Å². The van der Waals surface area contributed by atoms with Crippen LogP contribution in [-0.2, 0) is 19.1 Å². The highest BCUT2D eigenvalue weighted by atomic mass is 16.6. The lowest BCUT2D eigenvalue weighted by Gasteiger charge is -2.30. The summed E-state index contributed by atoms with van der Waals surface area (Å²) in [5, 5.41) is 2.59. The molecule has 1 unspecified atom stereocenters. The Morgan fingerprint density at radius 2 is 1.83 bits per heavy atom. The molecule has 0 saturated heterocycles. The van der Waals surface area contributed by atoms with Crippen molar-refractivity contribution in [3.63, 3.8) is 0 Å². The smallest absolute Gasteiger partial charge is 0.413 e. The van der Waals surface area contributed by atoms with Gasteiger partial charge in [-0.2, -0.15) is 0 Å². The average molecular weight is 627 g/mol. The number of esters is 1. The highest BCUT2D eigenvalue weighted by Gasteiger charge is 2.36. The Morgan fingerprint density at radius 3 is 2.54 bits per heavy atom. The van der Waals surface area contributed by atoms with E-state index in [2.05, 4.69) is 22.1 Å². The first-order valence-corrected chi connectivity index (χ1v) is 15.0. The maximum atomic E-state index is 14.0. The van der Waals surface area contributed by atoms with Crippen LogP contribution in [0.15, 0.2) is 66.9 Å². The number of hydrogen-bond acceptors (Lipinski definition) is 8. The molecule has 0 saturated carbocycles. The predicted octanol–water partition coefficient (Wildman–Crippen LogP) is 5.36. The van der Waals surface area contributed by atoms with Crippen LogP contribution >= 0.6 is 0 Å². The number of rotatable bonds is 9. The molecule has 0 spiro atoms. The summed E-state index contributed by atoms with van der Waals surface area (Å²) in [4.78, 5) is 59.0. The summed E-state index contributed by atoms with van der Waals surface area (Å²) >= 11 is 0. The lowest BCUT2D eigenvalue weighted by molar-refractivity contribution is -0.144. The van der Waals surface area contributed by atoms with Crippen molar-refractivity contribution in [2.24, 2.45) is 0 Å². The van der Waals surface area contributed by atoms with Crippen molar-refractivity contribution in [1.82, 2.24) is 9.88 Å². The molecule has 1 aliphatic rings. The summed E-state index contributed by atoms with van der Waals surface area (Å²) in [6, 6.07) is 16.9. The SMILES string of the molecule is CCOC(=O)CC(c1ccccc1)N1CC(=O)N(C)c2ccc(C#CCCOc3cccnc3NC(=O)OC(C)(C)C)cc2C1=O. The molecule has 1 N–H and O–H groups in total. The largest absolute Gasteiger partial charge is 0.489 e. The van der Waals surface area contributed by atoms with Gasteiger partial charge in [-0.15, -0.1) is 0 Å². The van der Waals surface area contributed by atoms with E-state index in [0.29, 0.717) is 29.0 Å². The fourth-order valence-corrected chi connectivity index (χ4v) is 4.78. The van der Waals surface area contributed by atoms with E-state index < -0.39 is 23.7 Å². The summed E-state index contributed by atoms with van der Waals surface area (Å²) in [5.41, 5.74) is 1.39. The van der Waals surface area contributed by atoms with Crippen molar-refractivity contribution in [3.8, 4) is 17.6 Å². The molecule has 11 heteroatoms. The second-order valence-corrected chi connectivity index (χ2v) is 11.4. The van der Waals surface area contributed by atoms with Gasteiger partial charge >= 0.3 is 12.1 Å². The van der Waals surface area contributed by atoms with E-state index in [9.17, 15) is 19.2 Å². The van der Waals surface area contributed by atoms with Gasteiger partial charge in [-0.1, -0.05) is 42.2 Å². The van der Waals surface area contributed by atoms with Crippen molar-refractivity contribution < 1.29 is 33.4 Å². The lowest BCUT2D eigenvalue weighted by atomic mass is 10.00. The number of carbonyl (C=O) groups excluding carboxylic acids is 4. The van der Waals surface area contributed by atoms with Crippen molar-refractivity contribution in [3.05, 3.63) is 83.6 Å². The first-order valence-electron chi connectivity index (χ1n) is 15.0. The standard InChI is InChI=1S/C35H38N4O7/c1-6-44-31(41)22-28(25-14-8-7-9-15-25)39-23-30(40)38(5)27-18-17-24(21-26(27)33(39)42)13-10-11-20-45-29-16-12-19-36-32(29)37-34(43)46-35(2,3)4/h7-9,12,14-19,21,28H,6,11,20,22-23H2,1-5H3,(H,36,37,43). The number of ether oxygens (including phenoxy) is 3. The number of fused-ring (bicyclic) bond motifs is 1. The van der Waals surface area contributed by atoms with Crippen molar-refractivity contribution in [2.45, 2.75) is 52.2 Å². The van der Waals surface area contributed by atoms with Gasteiger partial charge < -0.3 is 24.0 Å². The van der Waals surface area contributed by atoms with Crippen LogP contribution in [0.2, 0.25) is 0 Å². The van der Waals surface area contributed by atoms with E-state index in [1.165, 1.54) is 16.0 Å². The van der Waals surface area contributed by atoms with Gasteiger partial charge in [0.2, 0.25) is 5.91 Å². The van der Waals surface area contributed by atoms with Gasteiger partial charge in [0, 0.05) is 25.2 Å². The topological polar surface area (TPSA) is 127 Å². The number of likely N-dealkylation sites (N-methyl/N-ethyl adjacent to an activating group) is 1. The normalized spacial score (nSPS) is 13.5. The van der Waals surface area contributed by atoms with Crippen LogP contribution < -0.4 is 15.0 Å². The molecule has 1 aliphatic heterocycles. The first kappa shape index (κ1) is 33.5. The predicted molar refractivity (Wildman–Crippen MR) is 172 cm³/mol. The zero-order valence-electron chi connectivity index (χ0n) is 26.7. The monoisotopic (exact) mass is 626 g/mol. The molecule has 46 heavy (non-hydrogen) atoms. The van der Waals surface area contributed by atoms with Crippen LogP contribution in [0.5, 0.6) is 5.75 Å². The van der Waals surface area contributed by atoms with E-state index in [1.807, 2.05) is 30.3 Å². The van der Waals surface area contributed by atoms with Gasteiger partial charge in [0.05, 0.1) is 36.9 Å². The number of nitrogens with zero attached hydrogens (tertiary/aromatic N) is 3. The molecule has 0 radical (unpaired) electrons. The Balaban J connectivity index is 1.50. The molecule has 11 nitrogen and oxygen atoms in total. The maximum absolute atomic E-state index is 14.0. The third-order valence-electron chi connectivity index (χ3n) is 6.86. The van der Waals surface area contributed by atoms with E-state index >= 15 is 0 Å². The Labute approximate surface area is 268 Å². The summed E-state index contributed by atoms with van der Waals surface area (Å²) in [7, 11) is 1.62. The van der Waals surface area contributed by atoms with Crippen LogP contribution in [-0.4, -0.2) is 66.2 Å². The van der Waals surface area contributed by atoms with Crippen LogP contribution in [0.1, 0.15) is 68.1 Å². The van der Waals surface area contributed by atoms with Crippen LogP contribution in [0.4, 0.5) is 16.3 Å². The molecule has 3 aromatic rings. The number of nitrogens with one attached hydrogen (secondary N) is 1. The Morgan fingerprint density at radius 1 is 1.07 bits per heavy atom. The molecule has 2 aromatic carbocycles. The second-order valence-electron chi connectivity index (χ2n) is 11.4. The van der Waals surface area contributed by atoms with Crippen molar-refractivity contribution in [2.75, 3.05) is 37.0 Å².